The molecule has 4 nitrogen and oxygen atoms in total. The van der Waals surface area contributed by atoms with E-state index < -0.39 is 12.1 Å². The minimum atomic E-state index is -1.00. The summed E-state index contributed by atoms with van der Waals surface area (Å²) in [6, 6.07) is 6.62. The Morgan fingerprint density at radius 1 is 1.47 bits per heavy atom. The molecule has 1 atom stereocenters. The molecule has 0 aliphatic heterocycles. The summed E-state index contributed by atoms with van der Waals surface area (Å²) in [7, 11) is 0. The molecule has 0 saturated carbocycles. The molecule has 0 aromatic heterocycles. The number of rotatable bonds is 7. The van der Waals surface area contributed by atoms with Gasteiger partial charge < -0.3 is 9.84 Å². The van der Waals surface area contributed by atoms with Crippen LogP contribution in [0.25, 0.3) is 0 Å². The molecule has 0 saturated heterocycles. The minimum absolute atomic E-state index is 0.325. The van der Waals surface area contributed by atoms with Gasteiger partial charge in [0.15, 0.2) is 12.4 Å². The van der Waals surface area contributed by atoms with Crippen LogP contribution in [0.1, 0.15) is 36.5 Å². The van der Waals surface area contributed by atoms with E-state index in [-0.39, 0.29) is 0 Å². The molecule has 0 heterocycles. The molecule has 0 radical (unpaired) electrons. The first-order valence-electron chi connectivity index (χ1n) is 5.62. The van der Waals surface area contributed by atoms with Crippen molar-refractivity contribution in [2.24, 2.45) is 0 Å². The van der Waals surface area contributed by atoms with Crippen molar-refractivity contribution in [3.05, 3.63) is 29.8 Å². The number of hydrogen-bond acceptors (Lipinski definition) is 3. The highest BCUT2D eigenvalue weighted by molar-refractivity contribution is 5.80. The number of hydrogen-bond donors (Lipinski definition) is 1. The Kier molecular flexibility index (Phi) is 5.20. The standard InChI is InChI=1S/C13H16O4/c1-2-3-7-12(13(15)16)17-11-8-5-4-6-10(11)9-14/h4-6,8-9,12H,2-3,7H2,1H3,(H,15,16)/t12-/m1/s1. The molecule has 0 fully saturated rings. The van der Waals surface area contributed by atoms with Gasteiger partial charge in [0.1, 0.15) is 5.75 Å². The average molecular weight is 236 g/mol. The van der Waals surface area contributed by atoms with E-state index in [4.69, 9.17) is 9.84 Å². The van der Waals surface area contributed by atoms with Crippen LogP contribution in [-0.2, 0) is 4.79 Å². The molecular weight excluding hydrogens is 220 g/mol. The minimum Gasteiger partial charge on any atom is -0.479 e. The van der Waals surface area contributed by atoms with Crippen LogP contribution in [0.15, 0.2) is 24.3 Å². The van der Waals surface area contributed by atoms with Crippen LogP contribution in [-0.4, -0.2) is 23.5 Å². The van der Waals surface area contributed by atoms with E-state index in [9.17, 15) is 9.59 Å². The summed E-state index contributed by atoms with van der Waals surface area (Å²) >= 11 is 0. The summed E-state index contributed by atoms with van der Waals surface area (Å²) < 4.78 is 5.37. The molecule has 92 valence electrons. The number of carboxylic acid groups (broad SMARTS) is 1. The van der Waals surface area contributed by atoms with Gasteiger partial charge in [-0.2, -0.15) is 0 Å². The lowest BCUT2D eigenvalue weighted by Gasteiger charge is -2.15. The van der Waals surface area contributed by atoms with Crippen LogP contribution in [0.3, 0.4) is 0 Å². The number of aliphatic carboxylic acids is 1. The van der Waals surface area contributed by atoms with Gasteiger partial charge in [0.05, 0.1) is 5.56 Å². The first-order valence-corrected chi connectivity index (χ1v) is 5.62. The van der Waals surface area contributed by atoms with Crippen molar-refractivity contribution in [1.82, 2.24) is 0 Å². The Morgan fingerprint density at radius 3 is 2.76 bits per heavy atom. The Morgan fingerprint density at radius 2 is 2.18 bits per heavy atom. The SMILES string of the molecule is CCCC[C@@H](Oc1ccccc1C=O)C(=O)O. The van der Waals surface area contributed by atoms with Gasteiger partial charge in [-0.15, -0.1) is 0 Å². The van der Waals surface area contributed by atoms with Crippen molar-refractivity contribution in [2.75, 3.05) is 0 Å². The second kappa shape index (κ2) is 6.68. The van der Waals surface area contributed by atoms with Gasteiger partial charge in [0, 0.05) is 0 Å². The quantitative estimate of drug-likeness (QED) is 0.739. The monoisotopic (exact) mass is 236 g/mol. The second-order valence-electron chi connectivity index (χ2n) is 3.74. The third-order valence-electron chi connectivity index (χ3n) is 2.41. The summed E-state index contributed by atoms with van der Waals surface area (Å²) in [5.74, 6) is -0.676. The van der Waals surface area contributed by atoms with Crippen molar-refractivity contribution in [3.63, 3.8) is 0 Å². The molecule has 0 aliphatic rings. The van der Waals surface area contributed by atoms with Gasteiger partial charge in [-0.1, -0.05) is 25.5 Å². The fourth-order valence-electron chi connectivity index (χ4n) is 1.46. The van der Waals surface area contributed by atoms with Crippen LogP contribution < -0.4 is 4.74 Å². The van der Waals surface area contributed by atoms with Crippen molar-refractivity contribution < 1.29 is 19.4 Å². The zero-order valence-corrected chi connectivity index (χ0v) is 9.76. The summed E-state index contributed by atoms with van der Waals surface area (Å²) in [6.45, 7) is 1.98. The predicted molar refractivity (Wildman–Crippen MR) is 63.4 cm³/mol. The molecule has 1 aromatic carbocycles. The second-order valence-corrected chi connectivity index (χ2v) is 3.74. The molecule has 1 N–H and O–H groups in total. The number of para-hydroxylation sites is 1. The van der Waals surface area contributed by atoms with E-state index in [0.29, 0.717) is 24.0 Å². The van der Waals surface area contributed by atoms with E-state index >= 15 is 0 Å². The molecule has 4 heteroatoms. The van der Waals surface area contributed by atoms with Crippen molar-refractivity contribution in [3.8, 4) is 5.75 Å². The van der Waals surface area contributed by atoms with Crippen LogP contribution >= 0.6 is 0 Å². The molecule has 1 rings (SSSR count). The summed E-state index contributed by atoms with van der Waals surface area (Å²) in [5, 5.41) is 9.01. The third-order valence-corrected chi connectivity index (χ3v) is 2.41. The maximum Gasteiger partial charge on any atom is 0.344 e. The number of benzene rings is 1. The van der Waals surface area contributed by atoms with Crippen molar-refractivity contribution in [2.45, 2.75) is 32.3 Å². The Labute approximate surface area is 100 Å². The molecule has 0 amide bonds. The molecular formula is C13H16O4. The van der Waals surface area contributed by atoms with Gasteiger partial charge in [-0.3, -0.25) is 4.79 Å². The molecule has 1 aromatic rings. The van der Waals surface area contributed by atoms with Crippen molar-refractivity contribution in [1.29, 1.82) is 0 Å². The Bertz CT molecular complexity index is 387. The summed E-state index contributed by atoms with van der Waals surface area (Å²) in [5.41, 5.74) is 0.371. The van der Waals surface area contributed by atoms with Gasteiger partial charge in [0.2, 0.25) is 0 Å². The number of carboxylic acids is 1. The number of aldehydes is 1. The zero-order chi connectivity index (χ0) is 12.7. The Hall–Kier alpha value is -1.84. The molecule has 0 unspecified atom stereocenters. The van der Waals surface area contributed by atoms with Gasteiger partial charge >= 0.3 is 5.97 Å². The largest absolute Gasteiger partial charge is 0.479 e. The van der Waals surface area contributed by atoms with E-state index in [1.54, 1.807) is 24.3 Å². The highest BCUT2D eigenvalue weighted by Gasteiger charge is 2.19. The van der Waals surface area contributed by atoms with Crippen LogP contribution in [0.5, 0.6) is 5.75 Å². The molecule has 0 bridgehead atoms. The van der Waals surface area contributed by atoms with Crippen LogP contribution in [0, 0.1) is 0 Å². The first-order chi connectivity index (χ1) is 8.19. The van der Waals surface area contributed by atoms with Gasteiger partial charge in [-0.05, 0) is 25.0 Å². The van der Waals surface area contributed by atoms with E-state index in [1.807, 2.05) is 6.92 Å². The number of ether oxygens (including phenoxy) is 1. The lowest BCUT2D eigenvalue weighted by Crippen LogP contribution is -2.27. The number of unbranched alkanes of at least 4 members (excludes halogenated alkanes) is 1. The van der Waals surface area contributed by atoms with E-state index in [2.05, 4.69) is 0 Å². The fourth-order valence-corrected chi connectivity index (χ4v) is 1.46. The summed E-state index contributed by atoms with van der Waals surface area (Å²) in [4.78, 5) is 21.8. The van der Waals surface area contributed by atoms with Crippen LogP contribution in [0.2, 0.25) is 0 Å². The predicted octanol–water partition coefficient (Wildman–Crippen LogP) is 2.52. The Balaban J connectivity index is 2.78. The van der Waals surface area contributed by atoms with Crippen LogP contribution in [0.4, 0.5) is 0 Å². The zero-order valence-electron chi connectivity index (χ0n) is 9.76. The molecule has 0 spiro atoms. The molecule has 17 heavy (non-hydrogen) atoms. The lowest BCUT2D eigenvalue weighted by molar-refractivity contribution is -0.145. The lowest BCUT2D eigenvalue weighted by atomic mass is 10.1. The smallest absolute Gasteiger partial charge is 0.344 e. The fraction of sp³-hybridized carbons (Fsp3) is 0.385. The first kappa shape index (κ1) is 13.2. The normalized spacial score (nSPS) is 11.8. The van der Waals surface area contributed by atoms with Crippen molar-refractivity contribution >= 4 is 12.3 Å². The van der Waals surface area contributed by atoms with E-state index in [0.717, 1.165) is 12.8 Å². The highest BCUT2D eigenvalue weighted by atomic mass is 16.5. The average Bonchev–Trinajstić information content (AvgIpc) is 2.34. The van der Waals surface area contributed by atoms with Gasteiger partial charge in [-0.25, -0.2) is 4.79 Å². The van der Waals surface area contributed by atoms with E-state index in [1.165, 1.54) is 0 Å². The van der Waals surface area contributed by atoms with Gasteiger partial charge in [0.25, 0.3) is 0 Å². The molecule has 0 aliphatic carbocycles. The number of carbonyl (C=O) groups is 2. The topological polar surface area (TPSA) is 63.6 Å². The summed E-state index contributed by atoms with van der Waals surface area (Å²) in [6.07, 6.45) is 1.89. The third kappa shape index (κ3) is 3.90. The maximum atomic E-state index is 11.0. The maximum absolute atomic E-state index is 11.0. The number of carbonyl (C=O) groups excluding carboxylic acids is 1. The highest BCUT2D eigenvalue weighted by Crippen LogP contribution is 2.19.